The first-order valence-corrected chi connectivity index (χ1v) is 11.2. The van der Waals surface area contributed by atoms with Crippen LogP contribution in [0, 0.1) is 0 Å². The molecule has 2 aromatic carbocycles. The lowest BCUT2D eigenvalue weighted by atomic mass is 10.1. The first-order chi connectivity index (χ1) is 16.1. The van der Waals surface area contributed by atoms with Gasteiger partial charge in [0.2, 0.25) is 25.4 Å². The number of rotatable bonds is 5. The number of hydrogen-bond donors (Lipinski definition) is 0. The minimum atomic E-state index is -0.376. The van der Waals surface area contributed by atoms with Crippen LogP contribution in [0.2, 0.25) is 0 Å². The summed E-state index contributed by atoms with van der Waals surface area (Å²) in [6, 6.07) is 11.2. The first kappa shape index (κ1) is 20.3. The molecular weight excluding hydrogens is 426 g/mol. The summed E-state index contributed by atoms with van der Waals surface area (Å²) in [5.74, 6) is 2.70. The molecular formula is C24H25N3O6. The van der Waals surface area contributed by atoms with Crippen LogP contribution in [-0.4, -0.2) is 72.3 Å². The number of benzene rings is 2. The van der Waals surface area contributed by atoms with E-state index in [4.69, 9.17) is 18.9 Å². The molecule has 4 aliphatic heterocycles. The van der Waals surface area contributed by atoms with Crippen LogP contribution in [-0.2, 0) is 22.7 Å². The van der Waals surface area contributed by atoms with Gasteiger partial charge in [-0.3, -0.25) is 24.3 Å². The van der Waals surface area contributed by atoms with Crippen LogP contribution < -0.4 is 18.9 Å². The van der Waals surface area contributed by atoms with E-state index in [2.05, 4.69) is 15.9 Å². The van der Waals surface area contributed by atoms with E-state index in [1.54, 1.807) is 0 Å². The third-order valence-corrected chi connectivity index (χ3v) is 6.69. The normalized spacial score (nSPS) is 22.4. The number of ether oxygens (including phenoxy) is 4. The Morgan fingerprint density at radius 3 is 1.94 bits per heavy atom. The van der Waals surface area contributed by atoms with Gasteiger partial charge in [-0.2, -0.15) is 0 Å². The minimum absolute atomic E-state index is 0.109. The summed E-state index contributed by atoms with van der Waals surface area (Å²) in [7, 11) is 0. The van der Waals surface area contributed by atoms with Gasteiger partial charge in [-0.1, -0.05) is 12.1 Å². The van der Waals surface area contributed by atoms with E-state index in [0.717, 1.165) is 49.8 Å². The summed E-state index contributed by atoms with van der Waals surface area (Å²) >= 11 is 0. The molecule has 4 heterocycles. The average molecular weight is 451 g/mol. The number of likely N-dealkylation sites (tertiary alicyclic amines) is 1. The molecule has 9 heteroatoms. The molecule has 2 aromatic rings. The fraction of sp³-hybridized carbons (Fsp3) is 0.417. The molecule has 0 aliphatic carbocycles. The molecule has 9 nitrogen and oxygen atoms in total. The second-order valence-electron chi connectivity index (χ2n) is 8.73. The number of imide groups is 1. The van der Waals surface area contributed by atoms with Gasteiger partial charge in [0.15, 0.2) is 23.0 Å². The predicted molar refractivity (Wildman–Crippen MR) is 116 cm³/mol. The van der Waals surface area contributed by atoms with Crippen molar-refractivity contribution < 1.29 is 28.5 Å². The summed E-state index contributed by atoms with van der Waals surface area (Å²) in [5, 5.41) is 0. The molecule has 2 saturated heterocycles. The number of carbonyl (C=O) groups excluding carboxylic acids is 2. The number of piperazine rings is 1. The molecule has 4 aliphatic rings. The van der Waals surface area contributed by atoms with Gasteiger partial charge in [-0.15, -0.1) is 0 Å². The minimum Gasteiger partial charge on any atom is -0.454 e. The van der Waals surface area contributed by atoms with Crippen molar-refractivity contribution in [2.45, 2.75) is 25.6 Å². The SMILES string of the molecule is O=C1C[C@@H](N2CCN(Cc3ccc4c(c3)OCO4)CC2)C(=O)N1Cc1ccc2c(c1)OCO2. The molecule has 2 fully saturated rings. The summed E-state index contributed by atoms with van der Waals surface area (Å²) in [4.78, 5) is 31.7. The number of fused-ring (bicyclic) bond motifs is 2. The first-order valence-electron chi connectivity index (χ1n) is 11.2. The Kier molecular flexibility index (Phi) is 5.07. The van der Waals surface area contributed by atoms with E-state index in [9.17, 15) is 9.59 Å². The Labute approximate surface area is 191 Å². The van der Waals surface area contributed by atoms with Crippen molar-refractivity contribution in [3.63, 3.8) is 0 Å². The van der Waals surface area contributed by atoms with Crippen molar-refractivity contribution in [3.8, 4) is 23.0 Å². The van der Waals surface area contributed by atoms with Gasteiger partial charge in [0.25, 0.3) is 0 Å². The molecule has 172 valence electrons. The lowest BCUT2D eigenvalue weighted by Crippen LogP contribution is -2.52. The van der Waals surface area contributed by atoms with Gasteiger partial charge in [-0.25, -0.2) is 0 Å². The van der Waals surface area contributed by atoms with Crippen LogP contribution in [0.1, 0.15) is 17.5 Å². The molecule has 1 atom stereocenters. The number of hydrogen-bond acceptors (Lipinski definition) is 8. The third kappa shape index (κ3) is 3.87. The smallest absolute Gasteiger partial charge is 0.247 e. The van der Waals surface area contributed by atoms with Crippen LogP contribution >= 0.6 is 0 Å². The maximum atomic E-state index is 13.1. The Morgan fingerprint density at radius 1 is 0.727 bits per heavy atom. The Hall–Kier alpha value is -3.30. The molecule has 6 rings (SSSR count). The largest absolute Gasteiger partial charge is 0.454 e. The van der Waals surface area contributed by atoms with E-state index >= 15 is 0 Å². The number of carbonyl (C=O) groups is 2. The van der Waals surface area contributed by atoms with Crippen LogP contribution in [0.4, 0.5) is 0 Å². The third-order valence-electron chi connectivity index (χ3n) is 6.69. The van der Waals surface area contributed by atoms with Crippen molar-refractivity contribution in [1.29, 1.82) is 0 Å². The van der Waals surface area contributed by atoms with E-state index in [-0.39, 0.29) is 44.4 Å². The molecule has 0 N–H and O–H groups in total. The van der Waals surface area contributed by atoms with Gasteiger partial charge < -0.3 is 18.9 Å². The van der Waals surface area contributed by atoms with Crippen LogP contribution in [0.5, 0.6) is 23.0 Å². The Balaban J connectivity index is 1.05. The summed E-state index contributed by atoms with van der Waals surface area (Å²) in [5.41, 5.74) is 2.03. The summed E-state index contributed by atoms with van der Waals surface area (Å²) < 4.78 is 21.6. The molecule has 0 unspecified atom stereocenters. The van der Waals surface area contributed by atoms with E-state index < -0.39 is 0 Å². The average Bonchev–Trinajstić information content (AvgIpc) is 3.55. The predicted octanol–water partition coefficient (Wildman–Crippen LogP) is 1.59. The van der Waals surface area contributed by atoms with Gasteiger partial charge in [-0.05, 0) is 35.4 Å². The van der Waals surface area contributed by atoms with Gasteiger partial charge >= 0.3 is 0 Å². The van der Waals surface area contributed by atoms with Crippen molar-refractivity contribution in [3.05, 3.63) is 47.5 Å². The fourth-order valence-corrected chi connectivity index (χ4v) is 4.87. The second-order valence-corrected chi connectivity index (χ2v) is 8.73. The highest BCUT2D eigenvalue weighted by Gasteiger charge is 2.42. The molecule has 0 spiro atoms. The molecule has 0 bridgehead atoms. The second kappa shape index (κ2) is 8.24. The maximum absolute atomic E-state index is 13.1. The van der Waals surface area contributed by atoms with Crippen molar-refractivity contribution in [2.75, 3.05) is 39.8 Å². The summed E-state index contributed by atoms with van der Waals surface area (Å²) in [6.07, 6.45) is 0.242. The van der Waals surface area contributed by atoms with Gasteiger partial charge in [0.1, 0.15) is 0 Å². The molecule has 0 saturated carbocycles. The molecule has 33 heavy (non-hydrogen) atoms. The van der Waals surface area contributed by atoms with E-state index in [1.165, 1.54) is 10.5 Å². The zero-order chi connectivity index (χ0) is 22.4. The Bertz CT molecular complexity index is 1100. The molecule has 0 radical (unpaired) electrons. The highest BCUT2D eigenvalue weighted by Crippen LogP contribution is 2.34. The zero-order valence-electron chi connectivity index (χ0n) is 18.2. The van der Waals surface area contributed by atoms with E-state index in [0.29, 0.717) is 11.5 Å². The van der Waals surface area contributed by atoms with Gasteiger partial charge in [0.05, 0.1) is 19.0 Å². The maximum Gasteiger partial charge on any atom is 0.247 e. The standard InChI is InChI=1S/C24H25N3O6/c28-23-11-18(24(29)27(23)13-17-2-4-20-22(10-17)33-15-31-20)26-7-5-25(6-8-26)12-16-1-3-19-21(9-16)32-14-30-19/h1-4,9-10,18H,5-8,11-15H2/t18-/m1/s1. The fourth-order valence-electron chi connectivity index (χ4n) is 4.87. The highest BCUT2D eigenvalue weighted by atomic mass is 16.7. The number of amides is 2. The number of nitrogens with zero attached hydrogens (tertiary/aromatic N) is 3. The Morgan fingerprint density at radius 2 is 1.30 bits per heavy atom. The molecule has 0 aromatic heterocycles. The van der Waals surface area contributed by atoms with Crippen molar-refractivity contribution in [1.82, 2.24) is 14.7 Å². The van der Waals surface area contributed by atoms with Crippen LogP contribution in [0.25, 0.3) is 0 Å². The monoisotopic (exact) mass is 451 g/mol. The molecule has 2 amide bonds. The quantitative estimate of drug-likeness (QED) is 0.634. The lowest BCUT2D eigenvalue weighted by Gasteiger charge is -2.37. The lowest BCUT2D eigenvalue weighted by molar-refractivity contribution is -0.140. The summed E-state index contributed by atoms with van der Waals surface area (Å²) in [6.45, 7) is 4.74. The van der Waals surface area contributed by atoms with Gasteiger partial charge in [0, 0.05) is 32.7 Å². The highest BCUT2D eigenvalue weighted by molar-refractivity contribution is 6.05. The van der Waals surface area contributed by atoms with Crippen LogP contribution in [0.3, 0.4) is 0 Å². The van der Waals surface area contributed by atoms with Crippen LogP contribution in [0.15, 0.2) is 36.4 Å². The zero-order valence-corrected chi connectivity index (χ0v) is 18.2. The van der Waals surface area contributed by atoms with Crippen molar-refractivity contribution >= 4 is 11.8 Å². The van der Waals surface area contributed by atoms with Crippen molar-refractivity contribution in [2.24, 2.45) is 0 Å². The van der Waals surface area contributed by atoms with E-state index in [1.807, 2.05) is 30.3 Å². The topological polar surface area (TPSA) is 80.8 Å².